The summed E-state index contributed by atoms with van der Waals surface area (Å²) in [6.45, 7) is 1.68. The third kappa shape index (κ3) is 4.11. The quantitative estimate of drug-likeness (QED) is 0.589. The van der Waals surface area contributed by atoms with E-state index < -0.39 is 0 Å². The Balaban J connectivity index is 1.45. The Morgan fingerprint density at radius 1 is 0.966 bits per heavy atom. The molecule has 1 aromatic heterocycles. The summed E-state index contributed by atoms with van der Waals surface area (Å²) < 4.78 is 16.8. The number of methoxy groups -OCH3 is 2. The van der Waals surface area contributed by atoms with Crippen LogP contribution in [0.5, 0.6) is 17.2 Å². The number of para-hydroxylation sites is 1. The van der Waals surface area contributed by atoms with Crippen LogP contribution in [0.15, 0.2) is 48.5 Å². The van der Waals surface area contributed by atoms with Gasteiger partial charge in [0.1, 0.15) is 29.2 Å². The first-order valence-corrected chi connectivity index (χ1v) is 9.70. The first-order chi connectivity index (χ1) is 14.2. The molecule has 29 heavy (non-hydrogen) atoms. The molecule has 2 heterocycles. The van der Waals surface area contributed by atoms with Crippen LogP contribution in [0.25, 0.3) is 10.9 Å². The molecular weight excluding hydrogens is 368 g/mol. The normalized spacial score (nSPS) is 14.6. The minimum absolute atomic E-state index is 0.119. The molecule has 1 fully saturated rings. The smallest absolute Gasteiger partial charge is 0.152 e. The average molecular weight is 392 g/mol. The molecule has 0 atom stereocenters. The lowest BCUT2D eigenvalue weighted by Crippen LogP contribution is -2.38. The lowest BCUT2D eigenvalue weighted by atomic mass is 10.1. The van der Waals surface area contributed by atoms with Crippen LogP contribution < -0.4 is 19.1 Å². The van der Waals surface area contributed by atoms with Crippen molar-refractivity contribution in [2.45, 2.75) is 18.9 Å². The molecule has 0 N–H and O–H groups in total. The number of piperidine rings is 1. The molecule has 0 spiro atoms. The standard InChI is InChI=1S/C23H24N2O4/c1-27-19-12-20(28-2)14-21(13-19)29-18-8-10-25(11-9-18)22-7-6-16-4-3-5-17(15-26)23(16)24-22/h3-7,12-15,18H,8-11H2,1-2H3. The van der Waals surface area contributed by atoms with Gasteiger partial charge in [0.05, 0.1) is 19.7 Å². The van der Waals surface area contributed by atoms with Gasteiger partial charge in [0.15, 0.2) is 6.29 Å². The summed E-state index contributed by atoms with van der Waals surface area (Å²) in [5.41, 5.74) is 1.37. The topological polar surface area (TPSA) is 60.9 Å². The maximum atomic E-state index is 11.3. The second-order valence-electron chi connectivity index (χ2n) is 7.06. The van der Waals surface area contributed by atoms with Gasteiger partial charge in [-0.1, -0.05) is 12.1 Å². The van der Waals surface area contributed by atoms with Gasteiger partial charge >= 0.3 is 0 Å². The van der Waals surface area contributed by atoms with Crippen molar-refractivity contribution in [2.75, 3.05) is 32.2 Å². The summed E-state index contributed by atoms with van der Waals surface area (Å²) in [5, 5.41) is 0.976. The largest absolute Gasteiger partial charge is 0.496 e. The fourth-order valence-electron chi connectivity index (χ4n) is 3.68. The zero-order chi connectivity index (χ0) is 20.2. The minimum Gasteiger partial charge on any atom is -0.496 e. The number of hydrogen-bond donors (Lipinski definition) is 0. The van der Waals surface area contributed by atoms with E-state index in [1.54, 1.807) is 20.3 Å². The summed E-state index contributed by atoms with van der Waals surface area (Å²) in [5.74, 6) is 3.07. The van der Waals surface area contributed by atoms with Crippen LogP contribution in [0.3, 0.4) is 0 Å². The van der Waals surface area contributed by atoms with Crippen molar-refractivity contribution in [3.05, 3.63) is 54.1 Å². The number of benzene rings is 2. The number of ether oxygens (including phenoxy) is 3. The van der Waals surface area contributed by atoms with Crippen LogP contribution in [0.4, 0.5) is 5.82 Å². The van der Waals surface area contributed by atoms with Gasteiger partial charge in [0.2, 0.25) is 0 Å². The molecule has 3 aromatic rings. The van der Waals surface area contributed by atoms with Gasteiger partial charge in [0, 0.05) is 55.1 Å². The maximum absolute atomic E-state index is 11.3. The highest BCUT2D eigenvalue weighted by molar-refractivity contribution is 5.96. The molecule has 0 bridgehead atoms. The minimum atomic E-state index is 0.119. The van der Waals surface area contributed by atoms with Crippen LogP contribution in [-0.2, 0) is 0 Å². The molecule has 6 heteroatoms. The molecule has 150 valence electrons. The van der Waals surface area contributed by atoms with E-state index in [1.807, 2.05) is 42.5 Å². The van der Waals surface area contributed by atoms with E-state index in [1.165, 1.54) is 0 Å². The lowest BCUT2D eigenvalue weighted by Gasteiger charge is -2.33. The number of nitrogens with zero attached hydrogens (tertiary/aromatic N) is 2. The first kappa shape index (κ1) is 19.1. The Bertz CT molecular complexity index is 991. The van der Waals surface area contributed by atoms with E-state index in [9.17, 15) is 4.79 Å². The number of rotatable bonds is 6. The molecular formula is C23H24N2O4. The van der Waals surface area contributed by atoms with Crippen molar-refractivity contribution in [3.8, 4) is 17.2 Å². The zero-order valence-electron chi connectivity index (χ0n) is 16.6. The zero-order valence-corrected chi connectivity index (χ0v) is 16.6. The molecule has 2 aromatic carbocycles. The summed E-state index contributed by atoms with van der Waals surface area (Å²) >= 11 is 0. The number of fused-ring (bicyclic) bond motifs is 1. The Hall–Kier alpha value is -3.28. The van der Waals surface area contributed by atoms with Gasteiger partial charge in [0.25, 0.3) is 0 Å². The van der Waals surface area contributed by atoms with Crippen molar-refractivity contribution in [1.82, 2.24) is 4.98 Å². The second-order valence-corrected chi connectivity index (χ2v) is 7.06. The van der Waals surface area contributed by atoms with Crippen LogP contribution in [-0.4, -0.2) is 44.7 Å². The van der Waals surface area contributed by atoms with Gasteiger partial charge in [-0.05, 0) is 18.2 Å². The number of pyridine rings is 1. The highest BCUT2D eigenvalue weighted by Crippen LogP contribution is 2.30. The monoisotopic (exact) mass is 392 g/mol. The maximum Gasteiger partial charge on any atom is 0.152 e. The van der Waals surface area contributed by atoms with Crippen LogP contribution in [0, 0.1) is 0 Å². The van der Waals surface area contributed by atoms with Crippen LogP contribution in [0.1, 0.15) is 23.2 Å². The van der Waals surface area contributed by atoms with Crippen molar-refractivity contribution in [2.24, 2.45) is 0 Å². The van der Waals surface area contributed by atoms with E-state index in [0.717, 1.165) is 54.7 Å². The predicted octanol–water partition coefficient (Wildman–Crippen LogP) is 4.11. The fourth-order valence-corrected chi connectivity index (χ4v) is 3.68. The predicted molar refractivity (Wildman–Crippen MR) is 113 cm³/mol. The molecule has 0 radical (unpaired) electrons. The highest BCUT2D eigenvalue weighted by Gasteiger charge is 2.22. The summed E-state index contributed by atoms with van der Waals surface area (Å²) in [4.78, 5) is 18.3. The summed E-state index contributed by atoms with van der Waals surface area (Å²) in [7, 11) is 3.26. The Morgan fingerprint density at radius 2 is 1.66 bits per heavy atom. The Kier molecular flexibility index (Phi) is 5.51. The molecule has 0 saturated carbocycles. The van der Waals surface area contributed by atoms with Gasteiger partial charge in [-0.15, -0.1) is 0 Å². The molecule has 0 amide bonds. The molecule has 1 aliphatic rings. The second kappa shape index (κ2) is 8.39. The van der Waals surface area contributed by atoms with Gasteiger partial charge in [-0.2, -0.15) is 0 Å². The highest BCUT2D eigenvalue weighted by atomic mass is 16.5. The third-order valence-electron chi connectivity index (χ3n) is 5.26. The van der Waals surface area contributed by atoms with Crippen LogP contribution in [0.2, 0.25) is 0 Å². The van der Waals surface area contributed by atoms with Crippen molar-refractivity contribution in [3.63, 3.8) is 0 Å². The molecule has 1 aliphatic heterocycles. The van der Waals surface area contributed by atoms with Gasteiger partial charge < -0.3 is 19.1 Å². The fraction of sp³-hybridized carbons (Fsp3) is 0.304. The number of carbonyl (C=O) groups excluding carboxylic acids is 1. The molecule has 0 aliphatic carbocycles. The van der Waals surface area contributed by atoms with E-state index in [0.29, 0.717) is 17.1 Å². The van der Waals surface area contributed by atoms with Crippen molar-refractivity contribution < 1.29 is 19.0 Å². The SMILES string of the molecule is COc1cc(OC)cc(OC2CCN(c3ccc4cccc(C=O)c4n3)CC2)c1. The molecule has 1 saturated heterocycles. The molecule has 4 rings (SSSR count). The van der Waals surface area contributed by atoms with Gasteiger partial charge in [-0.3, -0.25) is 4.79 Å². The van der Waals surface area contributed by atoms with E-state index >= 15 is 0 Å². The summed E-state index contributed by atoms with van der Waals surface area (Å²) in [6, 6.07) is 15.3. The van der Waals surface area contributed by atoms with Crippen LogP contribution >= 0.6 is 0 Å². The Labute approximate surface area is 170 Å². The van der Waals surface area contributed by atoms with Crippen molar-refractivity contribution in [1.29, 1.82) is 0 Å². The number of hydrogen-bond acceptors (Lipinski definition) is 6. The van der Waals surface area contributed by atoms with E-state index in [2.05, 4.69) is 4.90 Å². The molecule has 0 unspecified atom stereocenters. The van der Waals surface area contributed by atoms with E-state index in [-0.39, 0.29) is 6.10 Å². The number of aromatic nitrogens is 1. The van der Waals surface area contributed by atoms with Crippen molar-refractivity contribution >= 4 is 23.0 Å². The number of anilines is 1. The molecule has 6 nitrogen and oxygen atoms in total. The van der Waals surface area contributed by atoms with Gasteiger partial charge in [-0.25, -0.2) is 4.98 Å². The average Bonchev–Trinajstić information content (AvgIpc) is 2.78. The summed E-state index contributed by atoms with van der Waals surface area (Å²) in [6.07, 6.45) is 2.75. The number of carbonyl (C=O) groups is 1. The Morgan fingerprint density at radius 3 is 2.31 bits per heavy atom. The van der Waals surface area contributed by atoms with E-state index in [4.69, 9.17) is 19.2 Å². The first-order valence-electron chi connectivity index (χ1n) is 9.70. The third-order valence-corrected chi connectivity index (χ3v) is 5.26. The lowest BCUT2D eigenvalue weighted by molar-refractivity contribution is 0.112. The number of aldehydes is 1.